The van der Waals surface area contributed by atoms with Crippen molar-refractivity contribution in [1.29, 1.82) is 0 Å². The van der Waals surface area contributed by atoms with Crippen molar-refractivity contribution < 1.29 is 4.79 Å². The molecular formula is C20H21N7O. The topological polar surface area (TPSA) is 90.0 Å². The standard InChI is InChI=1S/C20H21N7O/c1-14-8-12-27-18(24-25-20(27)22-14)19(28)23-17(16-6-4-3-5-7-16)9-11-26-13-10-21-15(26)2/h3-8,10,12-13,17H,9,11H2,1-2H3,(H,23,28)/t17-/m1/s1. The van der Waals surface area contributed by atoms with E-state index in [-0.39, 0.29) is 17.8 Å². The van der Waals surface area contributed by atoms with Crippen molar-refractivity contribution in [2.45, 2.75) is 32.9 Å². The Morgan fingerprint density at radius 1 is 1.11 bits per heavy atom. The zero-order chi connectivity index (χ0) is 19.5. The molecular weight excluding hydrogens is 354 g/mol. The highest BCUT2D eigenvalue weighted by Gasteiger charge is 2.20. The number of nitrogens with one attached hydrogen (secondary N) is 1. The molecule has 0 unspecified atom stereocenters. The number of rotatable bonds is 6. The minimum atomic E-state index is -0.283. The summed E-state index contributed by atoms with van der Waals surface area (Å²) in [7, 11) is 0. The molecule has 0 bridgehead atoms. The van der Waals surface area contributed by atoms with Crippen molar-refractivity contribution in [3.63, 3.8) is 0 Å². The van der Waals surface area contributed by atoms with Crippen molar-refractivity contribution in [2.24, 2.45) is 0 Å². The van der Waals surface area contributed by atoms with Crippen LogP contribution in [0.5, 0.6) is 0 Å². The quantitative estimate of drug-likeness (QED) is 0.559. The van der Waals surface area contributed by atoms with Gasteiger partial charge in [-0.1, -0.05) is 30.3 Å². The third-order valence-corrected chi connectivity index (χ3v) is 4.71. The lowest BCUT2D eigenvalue weighted by atomic mass is 10.0. The monoisotopic (exact) mass is 375 g/mol. The molecule has 0 aliphatic heterocycles. The normalized spacial score (nSPS) is 12.2. The maximum atomic E-state index is 12.9. The number of carbonyl (C=O) groups excluding carboxylic acids is 1. The van der Waals surface area contributed by atoms with Gasteiger partial charge in [0.2, 0.25) is 5.82 Å². The number of nitrogens with zero attached hydrogens (tertiary/aromatic N) is 6. The van der Waals surface area contributed by atoms with Crippen molar-refractivity contribution in [2.75, 3.05) is 0 Å². The van der Waals surface area contributed by atoms with Crippen LogP contribution in [0, 0.1) is 13.8 Å². The van der Waals surface area contributed by atoms with Crippen LogP contribution in [0.4, 0.5) is 0 Å². The molecule has 1 aromatic carbocycles. The average Bonchev–Trinajstić information content (AvgIpc) is 3.31. The highest BCUT2D eigenvalue weighted by atomic mass is 16.2. The van der Waals surface area contributed by atoms with Crippen LogP contribution in [-0.4, -0.2) is 35.0 Å². The number of aryl methyl sites for hydroxylation is 3. The van der Waals surface area contributed by atoms with Gasteiger partial charge in [-0.25, -0.2) is 9.97 Å². The van der Waals surface area contributed by atoms with Gasteiger partial charge in [0.15, 0.2) is 0 Å². The molecule has 0 radical (unpaired) electrons. The lowest BCUT2D eigenvalue weighted by molar-refractivity contribution is 0.0922. The predicted octanol–water partition coefficient (Wildman–Crippen LogP) is 2.50. The first kappa shape index (κ1) is 17.8. The zero-order valence-electron chi connectivity index (χ0n) is 15.8. The predicted molar refractivity (Wildman–Crippen MR) is 104 cm³/mol. The number of fused-ring (bicyclic) bond motifs is 1. The fourth-order valence-electron chi connectivity index (χ4n) is 3.17. The molecule has 28 heavy (non-hydrogen) atoms. The summed E-state index contributed by atoms with van der Waals surface area (Å²) in [5.41, 5.74) is 1.86. The van der Waals surface area contributed by atoms with E-state index in [0.717, 1.165) is 30.0 Å². The summed E-state index contributed by atoms with van der Waals surface area (Å²) < 4.78 is 3.67. The number of hydrogen-bond acceptors (Lipinski definition) is 5. The number of hydrogen-bond donors (Lipinski definition) is 1. The average molecular weight is 375 g/mol. The first-order valence-electron chi connectivity index (χ1n) is 9.14. The molecule has 4 rings (SSSR count). The summed E-state index contributed by atoms with van der Waals surface area (Å²) >= 11 is 0. The maximum absolute atomic E-state index is 12.9. The molecule has 0 aliphatic rings. The largest absolute Gasteiger partial charge is 0.342 e. The Balaban J connectivity index is 1.57. The molecule has 8 heteroatoms. The second-order valence-corrected chi connectivity index (χ2v) is 6.66. The molecule has 1 atom stereocenters. The van der Waals surface area contributed by atoms with E-state index in [9.17, 15) is 4.79 Å². The zero-order valence-corrected chi connectivity index (χ0v) is 15.8. The number of carbonyl (C=O) groups is 1. The van der Waals surface area contributed by atoms with Crippen LogP contribution in [0.25, 0.3) is 5.78 Å². The third kappa shape index (κ3) is 3.62. The van der Waals surface area contributed by atoms with Crippen LogP contribution in [-0.2, 0) is 6.54 Å². The third-order valence-electron chi connectivity index (χ3n) is 4.71. The molecule has 8 nitrogen and oxygen atoms in total. The Hall–Kier alpha value is -3.55. The highest BCUT2D eigenvalue weighted by molar-refractivity contribution is 5.91. The van der Waals surface area contributed by atoms with Crippen molar-refractivity contribution in [3.05, 3.63) is 77.9 Å². The molecule has 0 saturated carbocycles. The Bertz CT molecular complexity index is 1100. The number of aromatic nitrogens is 6. The lowest BCUT2D eigenvalue weighted by Crippen LogP contribution is -2.31. The van der Waals surface area contributed by atoms with Gasteiger partial charge in [-0.05, 0) is 31.9 Å². The summed E-state index contributed by atoms with van der Waals surface area (Å²) in [6, 6.07) is 11.6. The number of amides is 1. The second-order valence-electron chi connectivity index (χ2n) is 6.66. The molecule has 142 valence electrons. The SMILES string of the molecule is Cc1ccn2c(C(=O)N[C@H](CCn3ccnc3C)c3ccccc3)nnc2n1. The van der Waals surface area contributed by atoms with Crippen molar-refractivity contribution in [1.82, 2.24) is 34.4 Å². The van der Waals surface area contributed by atoms with E-state index in [2.05, 4.69) is 30.0 Å². The molecule has 4 aromatic rings. The molecule has 3 aromatic heterocycles. The summed E-state index contributed by atoms with van der Waals surface area (Å²) in [6.07, 6.45) is 6.21. The molecule has 0 fully saturated rings. The lowest BCUT2D eigenvalue weighted by Gasteiger charge is -2.19. The fraction of sp³-hybridized carbons (Fsp3) is 0.250. The molecule has 3 heterocycles. The second kappa shape index (κ2) is 7.59. The van der Waals surface area contributed by atoms with Gasteiger partial charge in [0.05, 0.1) is 6.04 Å². The van der Waals surface area contributed by atoms with E-state index < -0.39 is 0 Å². The molecule has 1 amide bonds. The van der Waals surface area contributed by atoms with Crippen LogP contribution in [0.2, 0.25) is 0 Å². The van der Waals surface area contributed by atoms with Gasteiger partial charge in [-0.15, -0.1) is 10.2 Å². The Morgan fingerprint density at radius 3 is 2.68 bits per heavy atom. The van der Waals surface area contributed by atoms with Crippen molar-refractivity contribution in [3.8, 4) is 0 Å². The Labute approximate surface area is 162 Å². The van der Waals surface area contributed by atoms with Crippen molar-refractivity contribution >= 4 is 11.7 Å². The van der Waals surface area contributed by atoms with Crippen LogP contribution in [0.15, 0.2) is 55.0 Å². The van der Waals surface area contributed by atoms with E-state index in [1.165, 1.54) is 0 Å². The van der Waals surface area contributed by atoms with Gasteiger partial charge in [0, 0.05) is 30.8 Å². The summed E-state index contributed by atoms with van der Waals surface area (Å²) in [5.74, 6) is 1.30. The van der Waals surface area contributed by atoms with Gasteiger partial charge in [0.25, 0.3) is 11.7 Å². The molecule has 1 N–H and O–H groups in total. The highest BCUT2D eigenvalue weighted by Crippen LogP contribution is 2.19. The van der Waals surface area contributed by atoms with Gasteiger partial charge in [-0.3, -0.25) is 9.20 Å². The first-order valence-corrected chi connectivity index (χ1v) is 9.14. The van der Waals surface area contributed by atoms with Crippen LogP contribution < -0.4 is 5.32 Å². The number of imidazole rings is 1. The van der Waals surface area contributed by atoms with Crippen LogP contribution in [0.1, 0.15) is 40.2 Å². The van der Waals surface area contributed by atoms with E-state index in [1.54, 1.807) is 16.8 Å². The maximum Gasteiger partial charge on any atom is 0.290 e. The van der Waals surface area contributed by atoms with Gasteiger partial charge in [0.1, 0.15) is 5.82 Å². The number of benzene rings is 1. The van der Waals surface area contributed by atoms with E-state index in [0.29, 0.717) is 5.78 Å². The molecule has 0 spiro atoms. The van der Waals surface area contributed by atoms with Crippen LogP contribution >= 0.6 is 0 Å². The smallest absolute Gasteiger partial charge is 0.290 e. The summed E-state index contributed by atoms with van der Waals surface area (Å²) in [6.45, 7) is 4.58. The molecule has 0 saturated heterocycles. The Morgan fingerprint density at radius 2 is 1.93 bits per heavy atom. The molecule has 0 aliphatic carbocycles. The van der Waals surface area contributed by atoms with Crippen LogP contribution in [0.3, 0.4) is 0 Å². The summed E-state index contributed by atoms with van der Waals surface area (Å²) in [4.78, 5) is 21.5. The fourth-order valence-corrected chi connectivity index (χ4v) is 3.17. The van der Waals surface area contributed by atoms with Gasteiger partial charge >= 0.3 is 0 Å². The van der Waals surface area contributed by atoms with Gasteiger partial charge < -0.3 is 9.88 Å². The van der Waals surface area contributed by atoms with E-state index >= 15 is 0 Å². The van der Waals surface area contributed by atoms with E-state index in [4.69, 9.17) is 0 Å². The Kier molecular flexibility index (Phi) is 4.84. The summed E-state index contributed by atoms with van der Waals surface area (Å²) in [5, 5.41) is 11.1. The first-order chi connectivity index (χ1) is 13.6. The minimum Gasteiger partial charge on any atom is -0.342 e. The minimum absolute atomic E-state index is 0.166. The van der Waals surface area contributed by atoms with Gasteiger partial charge in [-0.2, -0.15) is 0 Å². The van der Waals surface area contributed by atoms with E-state index in [1.807, 2.05) is 56.4 Å².